The lowest BCUT2D eigenvalue weighted by Gasteiger charge is -2.31. The van der Waals surface area contributed by atoms with E-state index in [1.54, 1.807) is 0 Å². The van der Waals surface area contributed by atoms with Gasteiger partial charge in [0.15, 0.2) is 0 Å². The van der Waals surface area contributed by atoms with E-state index in [4.69, 9.17) is 4.74 Å². The maximum absolute atomic E-state index is 5.45. The van der Waals surface area contributed by atoms with Crippen LogP contribution in [0.5, 0.6) is 0 Å². The molecule has 1 aromatic carbocycles. The fraction of sp³-hybridized carbons (Fsp3) is 0.389. The lowest BCUT2D eigenvalue weighted by atomic mass is 10.1. The van der Waals surface area contributed by atoms with Crippen molar-refractivity contribution < 1.29 is 4.74 Å². The molecule has 4 heteroatoms. The molecular formula is C18H23N3O. The number of morpholine rings is 1. The molecule has 1 atom stereocenters. The van der Waals surface area contributed by atoms with Crippen LogP contribution in [0.1, 0.15) is 24.2 Å². The van der Waals surface area contributed by atoms with Gasteiger partial charge in [0.25, 0.3) is 0 Å². The molecule has 0 radical (unpaired) electrons. The van der Waals surface area contributed by atoms with E-state index in [9.17, 15) is 0 Å². The fourth-order valence-electron chi connectivity index (χ4n) is 2.77. The van der Waals surface area contributed by atoms with E-state index in [1.165, 1.54) is 11.3 Å². The number of hydrogen-bond acceptors (Lipinski definition) is 4. The van der Waals surface area contributed by atoms with Crippen molar-refractivity contribution in [1.82, 2.24) is 10.3 Å². The number of pyridine rings is 1. The van der Waals surface area contributed by atoms with Gasteiger partial charge in [-0.25, -0.2) is 0 Å². The average Bonchev–Trinajstić information content (AvgIpc) is 2.61. The Kier molecular flexibility index (Phi) is 5.03. The van der Waals surface area contributed by atoms with Crippen molar-refractivity contribution >= 4 is 5.69 Å². The van der Waals surface area contributed by atoms with Crippen molar-refractivity contribution in [2.75, 3.05) is 31.2 Å². The highest BCUT2D eigenvalue weighted by Crippen LogP contribution is 2.22. The van der Waals surface area contributed by atoms with Gasteiger partial charge < -0.3 is 15.0 Å². The molecule has 1 aliphatic heterocycles. The van der Waals surface area contributed by atoms with Gasteiger partial charge in [-0.15, -0.1) is 0 Å². The Hall–Kier alpha value is -1.91. The van der Waals surface area contributed by atoms with Gasteiger partial charge in [0, 0.05) is 37.6 Å². The van der Waals surface area contributed by atoms with Crippen molar-refractivity contribution in [3.05, 3.63) is 59.9 Å². The first-order valence-electron chi connectivity index (χ1n) is 7.89. The van der Waals surface area contributed by atoms with Gasteiger partial charge in [-0.1, -0.05) is 24.3 Å². The Bertz CT molecular complexity index is 582. The molecule has 1 saturated heterocycles. The largest absolute Gasteiger partial charge is 0.378 e. The zero-order valence-electron chi connectivity index (χ0n) is 13.0. The maximum Gasteiger partial charge on any atom is 0.0642 e. The number of hydrogen-bond donors (Lipinski definition) is 1. The predicted octanol–water partition coefficient (Wildman–Crippen LogP) is 2.77. The highest BCUT2D eigenvalue weighted by Gasteiger charge is 2.15. The predicted molar refractivity (Wildman–Crippen MR) is 89.0 cm³/mol. The molecule has 3 rings (SSSR count). The third-order valence-electron chi connectivity index (χ3n) is 4.07. The number of para-hydroxylation sites is 1. The first-order chi connectivity index (χ1) is 10.8. The summed E-state index contributed by atoms with van der Waals surface area (Å²) in [6.07, 6.45) is 1.84. The quantitative estimate of drug-likeness (QED) is 0.921. The van der Waals surface area contributed by atoms with Crippen molar-refractivity contribution in [3.63, 3.8) is 0 Å². The highest BCUT2D eigenvalue weighted by atomic mass is 16.5. The number of benzene rings is 1. The summed E-state index contributed by atoms with van der Waals surface area (Å²) >= 11 is 0. The molecular weight excluding hydrogens is 274 g/mol. The summed E-state index contributed by atoms with van der Waals surface area (Å²) in [5.74, 6) is 0. The summed E-state index contributed by atoms with van der Waals surface area (Å²) in [6, 6.07) is 14.9. The summed E-state index contributed by atoms with van der Waals surface area (Å²) in [5.41, 5.74) is 3.71. The van der Waals surface area contributed by atoms with Crippen LogP contribution in [0.15, 0.2) is 48.7 Å². The van der Waals surface area contributed by atoms with Gasteiger partial charge in [0.1, 0.15) is 0 Å². The van der Waals surface area contributed by atoms with Crippen LogP contribution in [-0.2, 0) is 11.3 Å². The molecule has 0 spiro atoms. The third kappa shape index (κ3) is 3.64. The first-order valence-corrected chi connectivity index (χ1v) is 7.89. The molecule has 0 amide bonds. The Morgan fingerprint density at radius 3 is 2.68 bits per heavy atom. The third-order valence-corrected chi connectivity index (χ3v) is 4.07. The molecule has 116 valence electrons. The second-order valence-electron chi connectivity index (χ2n) is 5.59. The Morgan fingerprint density at radius 2 is 1.91 bits per heavy atom. The number of nitrogens with zero attached hydrogens (tertiary/aromatic N) is 2. The van der Waals surface area contributed by atoms with E-state index >= 15 is 0 Å². The summed E-state index contributed by atoms with van der Waals surface area (Å²) in [4.78, 5) is 6.82. The second-order valence-corrected chi connectivity index (χ2v) is 5.59. The van der Waals surface area contributed by atoms with Gasteiger partial charge in [0.2, 0.25) is 0 Å². The number of anilines is 1. The van der Waals surface area contributed by atoms with Gasteiger partial charge in [0.05, 0.1) is 18.9 Å². The van der Waals surface area contributed by atoms with Gasteiger partial charge >= 0.3 is 0 Å². The average molecular weight is 297 g/mol. The molecule has 2 aromatic rings. The van der Waals surface area contributed by atoms with E-state index in [0.717, 1.165) is 38.5 Å². The van der Waals surface area contributed by atoms with Crippen molar-refractivity contribution in [1.29, 1.82) is 0 Å². The minimum atomic E-state index is 0.235. The minimum Gasteiger partial charge on any atom is -0.378 e. The zero-order valence-corrected chi connectivity index (χ0v) is 13.0. The summed E-state index contributed by atoms with van der Waals surface area (Å²) in [7, 11) is 0. The van der Waals surface area contributed by atoms with Crippen LogP contribution in [0.3, 0.4) is 0 Å². The molecule has 0 saturated carbocycles. The Labute approximate surface area is 132 Å². The molecule has 2 heterocycles. The Morgan fingerprint density at radius 1 is 1.14 bits per heavy atom. The van der Waals surface area contributed by atoms with Gasteiger partial charge in [-0.05, 0) is 30.7 Å². The van der Waals surface area contributed by atoms with Crippen LogP contribution in [-0.4, -0.2) is 31.3 Å². The van der Waals surface area contributed by atoms with Crippen LogP contribution in [0.4, 0.5) is 5.69 Å². The molecule has 1 aromatic heterocycles. The molecule has 22 heavy (non-hydrogen) atoms. The molecule has 1 aliphatic rings. The first kappa shape index (κ1) is 15.0. The maximum atomic E-state index is 5.45. The van der Waals surface area contributed by atoms with Crippen molar-refractivity contribution in [2.45, 2.75) is 19.5 Å². The fourth-order valence-corrected chi connectivity index (χ4v) is 2.77. The number of ether oxygens (including phenoxy) is 1. The molecule has 1 fully saturated rings. The van der Waals surface area contributed by atoms with Crippen LogP contribution >= 0.6 is 0 Å². The molecule has 1 N–H and O–H groups in total. The van der Waals surface area contributed by atoms with E-state index < -0.39 is 0 Å². The van der Waals surface area contributed by atoms with Crippen molar-refractivity contribution in [2.24, 2.45) is 0 Å². The Balaban J connectivity index is 1.67. The summed E-state index contributed by atoms with van der Waals surface area (Å²) < 4.78 is 5.45. The number of nitrogens with one attached hydrogen (secondary N) is 1. The lowest BCUT2D eigenvalue weighted by Crippen LogP contribution is -2.37. The normalized spacial score (nSPS) is 16.5. The standard InChI is InChI=1S/C18H23N3O/c1-15(17-7-4-5-9-19-17)20-14-16-6-2-3-8-18(16)21-10-12-22-13-11-21/h2-9,15,20H,10-14H2,1H3. The smallest absolute Gasteiger partial charge is 0.0642 e. The summed E-state index contributed by atoms with van der Waals surface area (Å²) in [6.45, 7) is 6.54. The molecule has 1 unspecified atom stereocenters. The van der Waals surface area contributed by atoms with Crippen LogP contribution in [0.2, 0.25) is 0 Å². The van der Waals surface area contributed by atoms with Gasteiger partial charge in [-0.3, -0.25) is 4.98 Å². The monoisotopic (exact) mass is 297 g/mol. The second kappa shape index (κ2) is 7.38. The lowest BCUT2D eigenvalue weighted by molar-refractivity contribution is 0.122. The van der Waals surface area contributed by atoms with Crippen LogP contribution in [0, 0.1) is 0 Å². The number of rotatable bonds is 5. The molecule has 0 bridgehead atoms. The van der Waals surface area contributed by atoms with E-state index in [2.05, 4.69) is 52.5 Å². The van der Waals surface area contributed by atoms with E-state index in [1.807, 2.05) is 18.3 Å². The van der Waals surface area contributed by atoms with E-state index in [0.29, 0.717) is 0 Å². The SMILES string of the molecule is CC(NCc1ccccc1N1CCOCC1)c1ccccn1. The highest BCUT2D eigenvalue weighted by molar-refractivity contribution is 5.53. The van der Waals surface area contributed by atoms with Crippen LogP contribution in [0.25, 0.3) is 0 Å². The van der Waals surface area contributed by atoms with E-state index in [-0.39, 0.29) is 6.04 Å². The van der Waals surface area contributed by atoms with Crippen molar-refractivity contribution in [3.8, 4) is 0 Å². The summed E-state index contributed by atoms with van der Waals surface area (Å²) in [5, 5.41) is 3.57. The zero-order chi connectivity index (χ0) is 15.2. The molecule has 0 aliphatic carbocycles. The molecule has 4 nitrogen and oxygen atoms in total. The van der Waals surface area contributed by atoms with Crippen LogP contribution < -0.4 is 10.2 Å². The minimum absolute atomic E-state index is 0.235. The topological polar surface area (TPSA) is 37.4 Å². The van der Waals surface area contributed by atoms with Gasteiger partial charge in [-0.2, -0.15) is 0 Å². The number of aromatic nitrogens is 1.